The minimum Gasteiger partial charge on any atom is -0.492 e. The van der Waals surface area contributed by atoms with Crippen molar-refractivity contribution < 1.29 is 19.0 Å². The lowest BCUT2D eigenvalue weighted by molar-refractivity contribution is 0.157. The summed E-state index contributed by atoms with van der Waals surface area (Å²) >= 11 is 0. The number of hydrogen-bond acceptors (Lipinski definition) is 6. The minimum atomic E-state index is -0.688. The van der Waals surface area contributed by atoms with Crippen molar-refractivity contribution in [3.05, 3.63) is 83.1 Å². The number of ether oxygens (including phenoxy) is 2. The van der Waals surface area contributed by atoms with Crippen LogP contribution in [0.4, 0.5) is 0 Å². The molecule has 1 aliphatic rings. The summed E-state index contributed by atoms with van der Waals surface area (Å²) < 4.78 is 16.9. The normalized spacial score (nSPS) is 15.5. The van der Waals surface area contributed by atoms with Gasteiger partial charge in [-0.15, -0.1) is 0 Å². The van der Waals surface area contributed by atoms with Crippen molar-refractivity contribution in [2.75, 3.05) is 20.3 Å². The molecule has 0 bridgehead atoms. The first-order chi connectivity index (χ1) is 13.7. The first-order valence-electron chi connectivity index (χ1n) is 9.35. The number of aliphatic hydroxyl groups is 1. The molecule has 3 heterocycles. The van der Waals surface area contributed by atoms with Crippen LogP contribution in [-0.2, 0) is 24.4 Å². The Balaban J connectivity index is 1.51. The average Bonchev–Trinajstić information content (AvgIpc) is 3.05. The van der Waals surface area contributed by atoms with E-state index in [2.05, 4.69) is 9.88 Å². The third-order valence-corrected chi connectivity index (χ3v) is 4.86. The molecule has 2 aromatic heterocycles. The molecule has 0 saturated heterocycles. The molecule has 0 amide bonds. The van der Waals surface area contributed by atoms with Gasteiger partial charge in [-0.2, -0.15) is 0 Å². The molecule has 28 heavy (non-hydrogen) atoms. The van der Waals surface area contributed by atoms with Crippen molar-refractivity contribution in [1.29, 1.82) is 0 Å². The molecule has 6 nitrogen and oxygen atoms in total. The zero-order chi connectivity index (χ0) is 19.3. The fraction of sp³-hybridized carbons (Fsp3) is 0.318. The number of furan rings is 1. The van der Waals surface area contributed by atoms with Crippen molar-refractivity contribution in [3.63, 3.8) is 0 Å². The van der Waals surface area contributed by atoms with Crippen LogP contribution in [0, 0.1) is 0 Å². The third-order valence-electron chi connectivity index (χ3n) is 4.86. The van der Waals surface area contributed by atoms with Crippen LogP contribution >= 0.6 is 0 Å². The highest BCUT2D eigenvalue weighted by Crippen LogP contribution is 2.30. The number of aromatic nitrogens is 1. The maximum absolute atomic E-state index is 10.7. The predicted molar refractivity (Wildman–Crippen MR) is 104 cm³/mol. The summed E-state index contributed by atoms with van der Waals surface area (Å²) in [4.78, 5) is 6.29. The molecule has 3 aromatic rings. The van der Waals surface area contributed by atoms with E-state index in [0.717, 1.165) is 47.0 Å². The van der Waals surface area contributed by atoms with E-state index in [-0.39, 0.29) is 0 Å². The highest BCUT2D eigenvalue weighted by Gasteiger charge is 2.19. The average molecular weight is 380 g/mol. The predicted octanol–water partition coefficient (Wildman–Crippen LogP) is 3.30. The van der Waals surface area contributed by atoms with E-state index in [1.165, 1.54) is 0 Å². The standard InChI is InChI=1S/C22H24N2O4/c1-26-15-20-4-3-19(28-20)14-24-10-11-27-21-5-2-17(12-18(21)13-24)22(25)16-6-8-23-9-7-16/h2-9,12,22,25H,10-11,13-15H2,1H3. The number of hydrogen-bond donors (Lipinski definition) is 1. The Kier molecular flexibility index (Phi) is 5.71. The molecule has 6 heteroatoms. The first kappa shape index (κ1) is 18.7. The second kappa shape index (κ2) is 8.56. The third kappa shape index (κ3) is 4.25. The molecular formula is C22H24N2O4. The highest BCUT2D eigenvalue weighted by molar-refractivity contribution is 5.41. The van der Waals surface area contributed by atoms with Crippen molar-refractivity contribution in [2.24, 2.45) is 0 Å². The van der Waals surface area contributed by atoms with Crippen LogP contribution in [0.25, 0.3) is 0 Å². The van der Waals surface area contributed by atoms with Crippen LogP contribution in [0.5, 0.6) is 5.75 Å². The van der Waals surface area contributed by atoms with E-state index in [0.29, 0.717) is 19.8 Å². The van der Waals surface area contributed by atoms with Crippen LogP contribution in [-0.4, -0.2) is 35.3 Å². The largest absolute Gasteiger partial charge is 0.492 e. The molecule has 1 aromatic carbocycles. The second-order valence-corrected chi connectivity index (χ2v) is 6.91. The molecule has 4 rings (SSSR count). The molecule has 1 unspecified atom stereocenters. The van der Waals surface area contributed by atoms with Crippen molar-refractivity contribution >= 4 is 0 Å². The van der Waals surface area contributed by atoms with E-state index in [4.69, 9.17) is 13.9 Å². The van der Waals surface area contributed by atoms with Gasteiger partial charge in [-0.05, 0) is 47.5 Å². The molecule has 0 aliphatic carbocycles. The van der Waals surface area contributed by atoms with E-state index < -0.39 is 6.10 Å². The summed E-state index contributed by atoms with van der Waals surface area (Å²) in [6, 6.07) is 13.5. The number of methoxy groups -OCH3 is 1. The Bertz CT molecular complexity index is 910. The van der Waals surface area contributed by atoms with Crippen LogP contribution in [0.1, 0.15) is 34.3 Å². The Morgan fingerprint density at radius 2 is 1.93 bits per heavy atom. The van der Waals surface area contributed by atoms with Gasteiger partial charge in [0.1, 0.15) is 36.6 Å². The van der Waals surface area contributed by atoms with Crippen LogP contribution in [0.2, 0.25) is 0 Å². The number of nitrogens with zero attached hydrogens (tertiary/aromatic N) is 2. The number of aliphatic hydroxyl groups excluding tert-OH is 1. The maximum atomic E-state index is 10.7. The quantitative estimate of drug-likeness (QED) is 0.708. The lowest BCUT2D eigenvalue weighted by Crippen LogP contribution is -2.25. The number of benzene rings is 1. The minimum absolute atomic E-state index is 0.474. The van der Waals surface area contributed by atoms with Gasteiger partial charge in [-0.25, -0.2) is 0 Å². The first-order valence-corrected chi connectivity index (χ1v) is 9.35. The molecule has 1 N–H and O–H groups in total. The van der Waals surface area contributed by atoms with Gasteiger partial charge in [-0.3, -0.25) is 9.88 Å². The summed E-state index contributed by atoms with van der Waals surface area (Å²) in [5.41, 5.74) is 2.73. The molecule has 0 radical (unpaired) electrons. The van der Waals surface area contributed by atoms with Gasteiger partial charge >= 0.3 is 0 Å². The lowest BCUT2D eigenvalue weighted by atomic mass is 10.00. The van der Waals surface area contributed by atoms with Gasteiger partial charge in [0.15, 0.2) is 0 Å². The molecule has 1 atom stereocenters. The van der Waals surface area contributed by atoms with E-state index in [9.17, 15) is 5.11 Å². The Hall–Kier alpha value is -2.67. The van der Waals surface area contributed by atoms with Gasteiger partial charge in [-0.1, -0.05) is 6.07 Å². The summed E-state index contributed by atoms with van der Waals surface area (Å²) in [7, 11) is 1.66. The van der Waals surface area contributed by atoms with Crippen molar-refractivity contribution in [1.82, 2.24) is 9.88 Å². The summed E-state index contributed by atoms with van der Waals surface area (Å²) in [6.07, 6.45) is 2.69. The molecule has 146 valence electrons. The SMILES string of the molecule is COCc1ccc(CN2CCOc3ccc(C(O)c4ccncc4)cc3C2)o1. The fourth-order valence-corrected chi connectivity index (χ4v) is 3.46. The van der Waals surface area contributed by atoms with Crippen LogP contribution in [0.15, 0.2) is 59.3 Å². The highest BCUT2D eigenvalue weighted by atomic mass is 16.5. The van der Waals surface area contributed by atoms with Gasteiger partial charge in [0.2, 0.25) is 0 Å². The van der Waals surface area contributed by atoms with E-state index in [1.807, 2.05) is 42.5 Å². The number of rotatable bonds is 6. The van der Waals surface area contributed by atoms with Gasteiger partial charge < -0.3 is 19.0 Å². The molecule has 0 spiro atoms. The number of fused-ring (bicyclic) bond motifs is 1. The summed E-state index contributed by atoms with van der Waals surface area (Å²) in [5.74, 6) is 2.60. The Morgan fingerprint density at radius 3 is 2.75 bits per heavy atom. The zero-order valence-electron chi connectivity index (χ0n) is 15.9. The maximum Gasteiger partial charge on any atom is 0.129 e. The van der Waals surface area contributed by atoms with Gasteiger partial charge in [0.05, 0.1) is 6.54 Å². The smallest absolute Gasteiger partial charge is 0.129 e. The summed E-state index contributed by atoms with van der Waals surface area (Å²) in [5, 5.41) is 10.7. The van der Waals surface area contributed by atoms with E-state index in [1.54, 1.807) is 19.5 Å². The van der Waals surface area contributed by atoms with Crippen LogP contribution < -0.4 is 4.74 Å². The second-order valence-electron chi connectivity index (χ2n) is 6.91. The molecule has 1 aliphatic heterocycles. The molecular weight excluding hydrogens is 356 g/mol. The fourth-order valence-electron chi connectivity index (χ4n) is 3.46. The molecule has 0 fully saturated rings. The van der Waals surface area contributed by atoms with Crippen molar-refractivity contribution in [3.8, 4) is 5.75 Å². The topological polar surface area (TPSA) is 68.0 Å². The van der Waals surface area contributed by atoms with E-state index >= 15 is 0 Å². The van der Waals surface area contributed by atoms with Crippen molar-refractivity contribution in [2.45, 2.75) is 25.8 Å². The lowest BCUT2D eigenvalue weighted by Gasteiger charge is -2.19. The Morgan fingerprint density at radius 1 is 1.11 bits per heavy atom. The van der Waals surface area contributed by atoms with Gasteiger partial charge in [0.25, 0.3) is 0 Å². The monoisotopic (exact) mass is 380 g/mol. The van der Waals surface area contributed by atoms with Gasteiger partial charge in [0, 0.05) is 38.2 Å². The van der Waals surface area contributed by atoms with Crippen LogP contribution in [0.3, 0.4) is 0 Å². The Labute approximate surface area is 164 Å². The number of pyridine rings is 1. The summed E-state index contributed by atoms with van der Waals surface area (Å²) in [6.45, 7) is 3.32. The zero-order valence-corrected chi connectivity index (χ0v) is 15.9. The molecule has 0 saturated carbocycles.